The first-order chi connectivity index (χ1) is 14.1. The molecule has 2 aromatic heterocycles. The van der Waals surface area contributed by atoms with Gasteiger partial charge in [-0.05, 0) is 35.6 Å². The summed E-state index contributed by atoms with van der Waals surface area (Å²) in [6, 6.07) is 9.76. The lowest BCUT2D eigenvalue weighted by Gasteiger charge is -2.35. The highest BCUT2D eigenvalue weighted by Crippen LogP contribution is 2.27. The Bertz CT molecular complexity index is 969. The molecule has 1 unspecified atom stereocenters. The van der Waals surface area contributed by atoms with Crippen LogP contribution in [0.1, 0.15) is 24.9 Å². The number of hydrogen-bond donors (Lipinski definition) is 1. The molecule has 3 aromatic rings. The Morgan fingerprint density at radius 2 is 1.93 bits per heavy atom. The minimum Gasteiger partial charge on any atom is -0.353 e. The molecule has 6 nitrogen and oxygen atoms in total. The summed E-state index contributed by atoms with van der Waals surface area (Å²) in [5.74, 6) is 1.05. The van der Waals surface area contributed by atoms with Gasteiger partial charge in [0.15, 0.2) is 0 Å². The molecule has 0 saturated carbocycles. The fraction of sp³-hybridized carbons (Fsp3) is 0.381. The number of piperazine rings is 1. The summed E-state index contributed by atoms with van der Waals surface area (Å²) in [6.07, 6.45) is 2.47. The van der Waals surface area contributed by atoms with E-state index in [0.717, 1.165) is 54.2 Å². The number of aromatic nitrogens is 2. The second-order valence-electron chi connectivity index (χ2n) is 7.18. The van der Waals surface area contributed by atoms with Crippen molar-refractivity contribution in [1.29, 1.82) is 0 Å². The first-order valence-electron chi connectivity index (χ1n) is 9.84. The van der Waals surface area contributed by atoms with Crippen molar-refractivity contribution in [2.75, 3.05) is 37.6 Å². The highest BCUT2D eigenvalue weighted by atomic mass is 35.5. The Morgan fingerprint density at radius 1 is 1.17 bits per heavy atom. The lowest BCUT2D eigenvalue weighted by Crippen LogP contribution is -2.50. The van der Waals surface area contributed by atoms with Crippen LogP contribution in [0.4, 0.5) is 5.82 Å². The Hall–Kier alpha value is -2.22. The van der Waals surface area contributed by atoms with E-state index in [1.54, 1.807) is 17.7 Å². The van der Waals surface area contributed by atoms with Gasteiger partial charge in [-0.2, -0.15) is 0 Å². The van der Waals surface area contributed by atoms with Crippen LogP contribution < -0.4 is 10.2 Å². The number of hydrogen-bond acceptors (Lipinski definition) is 6. The number of carbonyl (C=O) groups excluding carboxylic acids is 1. The summed E-state index contributed by atoms with van der Waals surface area (Å²) >= 11 is 7.60. The van der Waals surface area contributed by atoms with Gasteiger partial charge in [-0.1, -0.05) is 30.7 Å². The van der Waals surface area contributed by atoms with Crippen molar-refractivity contribution in [3.63, 3.8) is 0 Å². The van der Waals surface area contributed by atoms with Crippen molar-refractivity contribution in [3.05, 3.63) is 52.6 Å². The molecule has 0 bridgehead atoms. The summed E-state index contributed by atoms with van der Waals surface area (Å²) in [5, 5.41) is 7.02. The van der Waals surface area contributed by atoms with Crippen molar-refractivity contribution in [1.82, 2.24) is 20.2 Å². The molecule has 1 atom stereocenters. The van der Waals surface area contributed by atoms with E-state index in [0.29, 0.717) is 11.6 Å². The number of fused-ring (bicyclic) bond motifs is 1. The molecule has 1 amide bonds. The molecule has 1 aliphatic rings. The average Bonchev–Trinajstić information content (AvgIpc) is 3.22. The zero-order valence-corrected chi connectivity index (χ0v) is 17.9. The Morgan fingerprint density at radius 3 is 2.66 bits per heavy atom. The van der Waals surface area contributed by atoms with Crippen LogP contribution in [0.3, 0.4) is 0 Å². The van der Waals surface area contributed by atoms with Crippen LogP contribution in [-0.2, 0) is 4.79 Å². The minimum atomic E-state index is 0.00829. The van der Waals surface area contributed by atoms with Crippen molar-refractivity contribution in [2.24, 2.45) is 0 Å². The molecule has 3 heterocycles. The van der Waals surface area contributed by atoms with Gasteiger partial charge in [-0.15, -0.1) is 11.3 Å². The number of nitrogens with one attached hydrogen (secondary N) is 1. The molecule has 1 N–H and O–H groups in total. The molecule has 4 rings (SSSR count). The van der Waals surface area contributed by atoms with E-state index in [2.05, 4.69) is 38.1 Å². The van der Waals surface area contributed by atoms with Crippen LogP contribution in [0.2, 0.25) is 5.02 Å². The molecule has 1 aromatic carbocycles. The van der Waals surface area contributed by atoms with Crippen LogP contribution in [0.5, 0.6) is 0 Å². The normalized spacial score (nSPS) is 16.1. The van der Waals surface area contributed by atoms with Gasteiger partial charge < -0.3 is 10.2 Å². The quantitative estimate of drug-likeness (QED) is 0.646. The predicted octanol–water partition coefficient (Wildman–Crippen LogP) is 3.73. The molecule has 0 aliphatic carbocycles. The number of thiophene rings is 1. The zero-order chi connectivity index (χ0) is 20.2. The largest absolute Gasteiger partial charge is 0.353 e. The lowest BCUT2D eigenvalue weighted by molar-refractivity contribution is -0.123. The predicted molar refractivity (Wildman–Crippen MR) is 119 cm³/mol. The maximum absolute atomic E-state index is 12.6. The molecule has 152 valence electrons. The van der Waals surface area contributed by atoms with Crippen LogP contribution in [0, 0.1) is 0 Å². The number of amides is 1. The van der Waals surface area contributed by atoms with E-state index in [4.69, 9.17) is 11.6 Å². The van der Waals surface area contributed by atoms with Crippen LogP contribution in [-0.4, -0.2) is 53.5 Å². The fourth-order valence-corrected chi connectivity index (χ4v) is 4.56. The van der Waals surface area contributed by atoms with Crippen molar-refractivity contribution < 1.29 is 4.79 Å². The van der Waals surface area contributed by atoms with E-state index >= 15 is 0 Å². The number of rotatable bonds is 6. The average molecular weight is 430 g/mol. The maximum atomic E-state index is 12.6. The van der Waals surface area contributed by atoms with Crippen LogP contribution >= 0.6 is 22.9 Å². The second kappa shape index (κ2) is 9.07. The third-order valence-electron chi connectivity index (χ3n) is 5.30. The maximum Gasteiger partial charge on any atom is 0.234 e. The summed E-state index contributed by atoms with van der Waals surface area (Å²) in [6.45, 7) is 5.86. The van der Waals surface area contributed by atoms with Crippen LogP contribution in [0.25, 0.3) is 10.2 Å². The molecular formula is C21H24ClN5OS. The van der Waals surface area contributed by atoms with Crippen molar-refractivity contribution >= 4 is 44.9 Å². The van der Waals surface area contributed by atoms with Gasteiger partial charge >= 0.3 is 0 Å². The molecule has 1 fully saturated rings. The first-order valence-corrected chi connectivity index (χ1v) is 11.1. The summed E-state index contributed by atoms with van der Waals surface area (Å²) < 4.78 is 0. The summed E-state index contributed by atoms with van der Waals surface area (Å²) in [7, 11) is 0. The molecule has 1 aliphatic heterocycles. The standard InChI is InChI=1S/C21H24ClN5OS/c1-2-18(15-3-5-16(22)6-4-15)25-19(28)13-26-8-10-27(11-9-26)20-17-7-12-29-21(17)24-14-23-20/h3-7,12,14,18H,2,8-11,13H2,1H3,(H,25,28). The topological polar surface area (TPSA) is 61.4 Å². The molecular weight excluding hydrogens is 406 g/mol. The Labute approximate surface area is 179 Å². The lowest BCUT2D eigenvalue weighted by atomic mass is 10.0. The smallest absolute Gasteiger partial charge is 0.234 e. The third kappa shape index (κ3) is 4.69. The number of carbonyl (C=O) groups is 1. The fourth-order valence-electron chi connectivity index (χ4n) is 3.71. The van der Waals surface area contributed by atoms with Gasteiger partial charge in [0.25, 0.3) is 0 Å². The molecule has 8 heteroatoms. The van der Waals surface area contributed by atoms with E-state index in [1.165, 1.54) is 0 Å². The van der Waals surface area contributed by atoms with Crippen molar-refractivity contribution in [2.45, 2.75) is 19.4 Å². The van der Waals surface area contributed by atoms with Crippen molar-refractivity contribution in [3.8, 4) is 0 Å². The van der Waals surface area contributed by atoms with Gasteiger partial charge in [0, 0.05) is 31.2 Å². The SMILES string of the molecule is CCC(NC(=O)CN1CCN(c2ncnc3sccc23)CC1)c1ccc(Cl)cc1. The Balaban J connectivity index is 1.31. The summed E-state index contributed by atoms with van der Waals surface area (Å²) in [5.41, 5.74) is 1.08. The monoisotopic (exact) mass is 429 g/mol. The van der Waals surface area contributed by atoms with Gasteiger partial charge in [-0.3, -0.25) is 9.69 Å². The Kier molecular flexibility index (Phi) is 6.28. The number of anilines is 1. The highest BCUT2D eigenvalue weighted by molar-refractivity contribution is 7.16. The van der Waals surface area contributed by atoms with Crippen LogP contribution in [0.15, 0.2) is 42.0 Å². The van der Waals surface area contributed by atoms with Gasteiger partial charge in [0.2, 0.25) is 5.91 Å². The number of nitrogens with zero attached hydrogens (tertiary/aromatic N) is 4. The second-order valence-corrected chi connectivity index (χ2v) is 8.51. The summed E-state index contributed by atoms with van der Waals surface area (Å²) in [4.78, 5) is 26.9. The zero-order valence-electron chi connectivity index (χ0n) is 16.3. The van der Waals surface area contributed by atoms with E-state index in [1.807, 2.05) is 29.6 Å². The van der Waals surface area contributed by atoms with Gasteiger partial charge in [0.1, 0.15) is 17.0 Å². The minimum absolute atomic E-state index is 0.00829. The van der Waals surface area contributed by atoms with E-state index in [9.17, 15) is 4.79 Å². The highest BCUT2D eigenvalue weighted by Gasteiger charge is 2.22. The molecule has 29 heavy (non-hydrogen) atoms. The molecule has 0 spiro atoms. The van der Waals surface area contributed by atoms with E-state index < -0.39 is 0 Å². The van der Waals surface area contributed by atoms with E-state index in [-0.39, 0.29) is 11.9 Å². The molecule has 0 radical (unpaired) electrons. The third-order valence-corrected chi connectivity index (χ3v) is 6.37. The van der Waals surface area contributed by atoms with Gasteiger partial charge in [0.05, 0.1) is 18.0 Å². The first kappa shape index (κ1) is 20.1. The number of halogens is 1. The molecule has 1 saturated heterocycles. The number of benzene rings is 1. The van der Waals surface area contributed by atoms with Gasteiger partial charge in [-0.25, -0.2) is 9.97 Å².